The fourth-order valence-corrected chi connectivity index (χ4v) is 2.69. The molecule has 2 aliphatic carbocycles. The molecule has 4 atom stereocenters. The van der Waals surface area contributed by atoms with Gasteiger partial charge in [0, 0.05) is 0 Å². The Bertz CT molecular complexity index is 204. The molecular weight excluding hydrogens is 164 g/mol. The molecule has 0 amide bonds. The molecule has 0 spiro atoms. The largest absolute Gasteiger partial charge is 0.370 e. The highest BCUT2D eigenvalue weighted by Gasteiger charge is 2.59. The molecule has 4 rings (SSSR count). The summed E-state index contributed by atoms with van der Waals surface area (Å²) in [5, 5.41) is 0. The van der Waals surface area contributed by atoms with E-state index in [1.165, 1.54) is 19.3 Å². The molecule has 2 saturated carbocycles. The Hall–Kier alpha value is -0.0800. The fourth-order valence-electron chi connectivity index (χ4n) is 2.69. The van der Waals surface area contributed by atoms with Gasteiger partial charge in [0.15, 0.2) is 0 Å². The molecule has 13 heavy (non-hydrogen) atoms. The third-order valence-electron chi connectivity index (χ3n) is 3.73. The molecule has 2 heterocycles. The summed E-state index contributed by atoms with van der Waals surface area (Å²) in [6, 6.07) is 0. The first-order valence-corrected chi connectivity index (χ1v) is 5.45. The average Bonchev–Trinajstić information content (AvgIpc) is 2.95. The maximum absolute atomic E-state index is 5.44. The van der Waals surface area contributed by atoms with E-state index in [9.17, 15) is 0 Å². The lowest BCUT2D eigenvalue weighted by atomic mass is 10.0. The Morgan fingerprint density at radius 1 is 1.08 bits per heavy atom. The van der Waals surface area contributed by atoms with Crippen molar-refractivity contribution in [2.45, 2.75) is 50.9 Å². The van der Waals surface area contributed by atoms with E-state index in [4.69, 9.17) is 9.47 Å². The van der Waals surface area contributed by atoms with Gasteiger partial charge >= 0.3 is 0 Å². The zero-order valence-corrected chi connectivity index (χ0v) is 8.45. The van der Waals surface area contributed by atoms with Crippen LogP contribution in [0.1, 0.15) is 33.1 Å². The van der Waals surface area contributed by atoms with Gasteiger partial charge in [0.05, 0.1) is 24.4 Å². The predicted molar refractivity (Wildman–Crippen MR) is 49.5 cm³/mol. The molecule has 4 unspecified atom stereocenters. The van der Waals surface area contributed by atoms with Crippen LogP contribution in [0.2, 0.25) is 0 Å². The maximum atomic E-state index is 5.44. The highest BCUT2D eigenvalue weighted by Crippen LogP contribution is 2.55. The summed E-state index contributed by atoms with van der Waals surface area (Å²) in [7, 11) is 0. The van der Waals surface area contributed by atoms with Crippen molar-refractivity contribution in [1.29, 1.82) is 0 Å². The predicted octanol–water partition coefficient (Wildman–Crippen LogP) is 1.98. The Morgan fingerprint density at radius 3 is 1.77 bits per heavy atom. The summed E-state index contributed by atoms with van der Waals surface area (Å²) < 4.78 is 10.3. The molecule has 0 N–H and O–H groups in total. The van der Waals surface area contributed by atoms with Gasteiger partial charge in [-0.1, -0.05) is 0 Å². The Morgan fingerprint density at radius 2 is 1.54 bits per heavy atom. The molecule has 4 aliphatic rings. The highest BCUT2D eigenvalue weighted by molar-refractivity contribution is 5.07. The van der Waals surface area contributed by atoms with Crippen molar-refractivity contribution >= 4 is 0 Å². The third-order valence-corrected chi connectivity index (χ3v) is 3.73. The molecular formula is C11H18O2. The van der Waals surface area contributed by atoms with Crippen LogP contribution in [0.4, 0.5) is 0 Å². The van der Waals surface area contributed by atoms with Crippen molar-refractivity contribution in [1.82, 2.24) is 0 Å². The maximum Gasteiger partial charge on any atom is 0.0872 e. The zero-order valence-electron chi connectivity index (χ0n) is 8.45. The monoisotopic (exact) mass is 182 g/mol. The number of hydrogen-bond donors (Lipinski definition) is 0. The van der Waals surface area contributed by atoms with Crippen molar-refractivity contribution in [3.05, 3.63) is 0 Å². The molecule has 0 aromatic rings. The van der Waals surface area contributed by atoms with E-state index in [-0.39, 0.29) is 5.60 Å². The summed E-state index contributed by atoms with van der Waals surface area (Å²) in [6.45, 7) is 5.10. The number of epoxide rings is 2. The number of rotatable bonds is 0. The Balaban J connectivity index is 0.0000000984. The van der Waals surface area contributed by atoms with Crippen molar-refractivity contribution in [2.75, 3.05) is 6.61 Å². The van der Waals surface area contributed by atoms with E-state index in [0.717, 1.165) is 30.7 Å². The first-order chi connectivity index (χ1) is 6.16. The number of hydrogen-bond acceptors (Lipinski definition) is 2. The van der Waals surface area contributed by atoms with Crippen LogP contribution >= 0.6 is 0 Å². The van der Waals surface area contributed by atoms with Crippen LogP contribution in [0.3, 0.4) is 0 Å². The molecule has 0 aromatic heterocycles. The van der Waals surface area contributed by atoms with Gasteiger partial charge in [-0.15, -0.1) is 0 Å². The van der Waals surface area contributed by atoms with Crippen LogP contribution in [0, 0.1) is 11.8 Å². The van der Waals surface area contributed by atoms with Crippen molar-refractivity contribution in [3.8, 4) is 0 Å². The van der Waals surface area contributed by atoms with E-state index in [1.54, 1.807) is 0 Å². The van der Waals surface area contributed by atoms with Crippen LogP contribution in [0.15, 0.2) is 0 Å². The number of fused-ring (bicyclic) bond motifs is 5. The lowest BCUT2D eigenvalue weighted by Gasteiger charge is -1.99. The first-order valence-electron chi connectivity index (χ1n) is 5.45. The lowest BCUT2D eigenvalue weighted by molar-refractivity contribution is 0.264. The second-order valence-electron chi connectivity index (χ2n) is 5.45. The van der Waals surface area contributed by atoms with E-state index < -0.39 is 0 Å². The van der Waals surface area contributed by atoms with Gasteiger partial charge in [-0.25, -0.2) is 0 Å². The van der Waals surface area contributed by atoms with Crippen LogP contribution in [-0.2, 0) is 9.47 Å². The molecule has 74 valence electrons. The third kappa shape index (κ3) is 1.50. The van der Waals surface area contributed by atoms with E-state index in [2.05, 4.69) is 13.8 Å². The Kier molecular flexibility index (Phi) is 1.58. The van der Waals surface area contributed by atoms with E-state index >= 15 is 0 Å². The van der Waals surface area contributed by atoms with Gasteiger partial charge in [-0.2, -0.15) is 0 Å². The number of ether oxygens (including phenoxy) is 2. The van der Waals surface area contributed by atoms with Gasteiger partial charge < -0.3 is 9.47 Å². The van der Waals surface area contributed by atoms with Crippen LogP contribution < -0.4 is 0 Å². The van der Waals surface area contributed by atoms with Crippen molar-refractivity contribution in [3.63, 3.8) is 0 Å². The minimum absolute atomic E-state index is 0.250. The second kappa shape index (κ2) is 2.48. The van der Waals surface area contributed by atoms with Gasteiger partial charge in [0.25, 0.3) is 0 Å². The van der Waals surface area contributed by atoms with Crippen molar-refractivity contribution < 1.29 is 9.47 Å². The summed E-state index contributed by atoms with van der Waals surface area (Å²) in [4.78, 5) is 0. The minimum atomic E-state index is 0.250. The molecule has 2 saturated heterocycles. The smallest absolute Gasteiger partial charge is 0.0872 e. The molecule has 2 bridgehead atoms. The topological polar surface area (TPSA) is 25.1 Å². The molecule has 2 aliphatic heterocycles. The molecule has 0 radical (unpaired) electrons. The normalized spacial score (nSPS) is 52.2. The lowest BCUT2D eigenvalue weighted by Crippen LogP contribution is -2.04. The zero-order chi connectivity index (χ0) is 9.05. The fraction of sp³-hybridized carbons (Fsp3) is 1.00. The SMILES string of the molecule is C1CC2CC1C1OC21.CC1(C)CO1. The first kappa shape index (κ1) is 8.25. The van der Waals surface area contributed by atoms with Gasteiger partial charge in [-0.3, -0.25) is 0 Å². The second-order valence-corrected chi connectivity index (χ2v) is 5.45. The quantitative estimate of drug-likeness (QED) is 0.535. The van der Waals surface area contributed by atoms with E-state index in [0.29, 0.717) is 0 Å². The van der Waals surface area contributed by atoms with Crippen molar-refractivity contribution in [2.24, 2.45) is 11.8 Å². The molecule has 4 fully saturated rings. The highest BCUT2D eigenvalue weighted by atomic mass is 16.6. The Labute approximate surface area is 79.6 Å². The van der Waals surface area contributed by atoms with Gasteiger partial charge in [0.2, 0.25) is 0 Å². The van der Waals surface area contributed by atoms with Crippen LogP contribution in [0.5, 0.6) is 0 Å². The summed E-state index contributed by atoms with van der Waals surface area (Å²) in [6.07, 6.45) is 5.91. The minimum Gasteiger partial charge on any atom is -0.370 e. The summed E-state index contributed by atoms with van der Waals surface area (Å²) in [5.74, 6) is 1.98. The van der Waals surface area contributed by atoms with E-state index in [1.807, 2.05) is 0 Å². The summed E-state index contributed by atoms with van der Waals surface area (Å²) in [5.41, 5.74) is 0.250. The average molecular weight is 182 g/mol. The van der Waals surface area contributed by atoms with Crippen LogP contribution in [-0.4, -0.2) is 24.4 Å². The standard InChI is InChI=1S/C7H10O.C4H8O/c1-2-5-3-4(1)6-7(5)8-6;1-4(2)3-5-4/h4-7H,1-3H2;3H2,1-2H3. The van der Waals surface area contributed by atoms with Crippen LogP contribution in [0.25, 0.3) is 0 Å². The molecule has 0 aromatic carbocycles. The van der Waals surface area contributed by atoms with Gasteiger partial charge in [0.1, 0.15) is 0 Å². The van der Waals surface area contributed by atoms with Gasteiger partial charge in [-0.05, 0) is 44.9 Å². The molecule has 2 nitrogen and oxygen atoms in total. The summed E-state index contributed by atoms with van der Waals surface area (Å²) >= 11 is 0. The molecule has 2 heteroatoms.